The fourth-order valence-electron chi connectivity index (χ4n) is 4.34. The fraction of sp³-hybridized carbons (Fsp3) is 0.545. The predicted octanol–water partition coefficient (Wildman–Crippen LogP) is 1.86. The molecule has 1 heterocycles. The van der Waals surface area contributed by atoms with Crippen LogP contribution in [0.4, 0.5) is 5.69 Å². The summed E-state index contributed by atoms with van der Waals surface area (Å²) in [5.41, 5.74) is 6.20. The molecule has 2 atom stereocenters. The molecule has 8 heteroatoms. The van der Waals surface area contributed by atoms with Crippen LogP contribution in [0.1, 0.15) is 56.3 Å². The number of amides is 4. The summed E-state index contributed by atoms with van der Waals surface area (Å²) in [5, 5.41) is 0. The number of hydrogen-bond donors (Lipinski definition) is 2. The minimum Gasteiger partial charge on any atom is -0.372 e. The van der Waals surface area contributed by atoms with E-state index in [0.29, 0.717) is 5.56 Å². The van der Waals surface area contributed by atoms with Crippen molar-refractivity contribution in [1.82, 2.24) is 15.8 Å². The van der Waals surface area contributed by atoms with Crippen molar-refractivity contribution in [2.24, 2.45) is 11.8 Å². The summed E-state index contributed by atoms with van der Waals surface area (Å²) < 4.78 is 0. The zero-order valence-corrected chi connectivity index (χ0v) is 17.6. The number of hydrogen-bond acceptors (Lipinski definition) is 5. The predicted molar refractivity (Wildman–Crippen MR) is 112 cm³/mol. The highest BCUT2D eigenvalue weighted by Crippen LogP contribution is 2.37. The Bertz CT molecular complexity index is 780. The first-order chi connectivity index (χ1) is 14.5. The van der Waals surface area contributed by atoms with E-state index in [1.165, 1.54) is 4.90 Å². The lowest BCUT2D eigenvalue weighted by Crippen LogP contribution is -2.43. The summed E-state index contributed by atoms with van der Waals surface area (Å²) in [7, 11) is 0. The maximum Gasteiger partial charge on any atom is 0.269 e. The van der Waals surface area contributed by atoms with Gasteiger partial charge < -0.3 is 4.90 Å². The summed E-state index contributed by atoms with van der Waals surface area (Å²) in [5.74, 6) is -1.61. The first kappa shape index (κ1) is 21.8. The summed E-state index contributed by atoms with van der Waals surface area (Å²) >= 11 is 0. The van der Waals surface area contributed by atoms with Crippen molar-refractivity contribution in [3.8, 4) is 0 Å². The van der Waals surface area contributed by atoms with Crippen molar-refractivity contribution in [3.05, 3.63) is 29.8 Å². The van der Waals surface area contributed by atoms with Crippen LogP contribution in [-0.4, -0.2) is 48.2 Å². The molecule has 1 aromatic carbocycles. The molecule has 2 N–H and O–H groups in total. The first-order valence-electron chi connectivity index (χ1n) is 10.8. The Balaban J connectivity index is 1.46. The quantitative estimate of drug-likeness (QED) is 0.524. The van der Waals surface area contributed by atoms with Gasteiger partial charge >= 0.3 is 0 Å². The van der Waals surface area contributed by atoms with Gasteiger partial charge in [-0.05, 0) is 51.0 Å². The highest BCUT2D eigenvalue weighted by Gasteiger charge is 2.47. The van der Waals surface area contributed by atoms with Gasteiger partial charge in [-0.3, -0.25) is 34.9 Å². The van der Waals surface area contributed by atoms with Crippen molar-refractivity contribution >= 4 is 29.3 Å². The summed E-state index contributed by atoms with van der Waals surface area (Å²) in [6.07, 6.45) is 3.40. The molecule has 0 bridgehead atoms. The molecule has 1 saturated carbocycles. The van der Waals surface area contributed by atoms with Gasteiger partial charge in [-0.1, -0.05) is 12.8 Å². The fourth-order valence-corrected chi connectivity index (χ4v) is 4.34. The average Bonchev–Trinajstić information content (AvgIpc) is 3.02. The first-order valence-corrected chi connectivity index (χ1v) is 10.8. The number of fused-ring (bicyclic) bond motifs is 1. The van der Waals surface area contributed by atoms with Crippen molar-refractivity contribution < 1.29 is 19.2 Å². The maximum atomic E-state index is 12.4. The minimum absolute atomic E-state index is 0.0436. The molecule has 0 spiro atoms. The lowest BCUT2D eigenvalue weighted by molar-refractivity contribution is -0.140. The molecule has 3 rings (SSSR count). The SMILES string of the molecule is CCN(CC)c1ccc(C(=O)NNC(=O)CCN2C(=O)[C@H]3CCCC[C@@H]3C2=O)cc1. The molecule has 8 nitrogen and oxygen atoms in total. The summed E-state index contributed by atoms with van der Waals surface area (Å²) in [6, 6.07) is 7.15. The smallest absolute Gasteiger partial charge is 0.269 e. The van der Waals surface area contributed by atoms with Gasteiger partial charge in [-0.2, -0.15) is 0 Å². The molecule has 2 fully saturated rings. The number of benzene rings is 1. The molecule has 1 saturated heterocycles. The number of likely N-dealkylation sites (tertiary alicyclic amines) is 1. The van der Waals surface area contributed by atoms with Crippen molar-refractivity contribution in [2.75, 3.05) is 24.5 Å². The van der Waals surface area contributed by atoms with Crippen molar-refractivity contribution in [1.29, 1.82) is 0 Å². The Hall–Kier alpha value is -2.90. The van der Waals surface area contributed by atoms with E-state index in [0.717, 1.165) is 44.5 Å². The number of anilines is 1. The molecule has 1 aliphatic carbocycles. The van der Waals surface area contributed by atoms with E-state index in [9.17, 15) is 19.2 Å². The minimum atomic E-state index is -0.446. The van der Waals surface area contributed by atoms with E-state index in [4.69, 9.17) is 0 Å². The van der Waals surface area contributed by atoms with Gasteiger partial charge in [0.25, 0.3) is 5.91 Å². The van der Waals surface area contributed by atoms with Gasteiger partial charge in [-0.25, -0.2) is 0 Å². The molecule has 2 aliphatic rings. The van der Waals surface area contributed by atoms with Crippen LogP contribution in [0.5, 0.6) is 0 Å². The Labute approximate surface area is 176 Å². The van der Waals surface area contributed by atoms with E-state index >= 15 is 0 Å². The molecular formula is C22H30N4O4. The van der Waals surface area contributed by atoms with Crippen molar-refractivity contribution in [3.63, 3.8) is 0 Å². The van der Waals surface area contributed by atoms with Crippen LogP contribution < -0.4 is 15.8 Å². The zero-order valence-electron chi connectivity index (χ0n) is 17.6. The number of carbonyl (C=O) groups is 4. The van der Waals surface area contributed by atoms with Crippen LogP contribution in [-0.2, 0) is 14.4 Å². The van der Waals surface area contributed by atoms with Crippen LogP contribution >= 0.6 is 0 Å². The van der Waals surface area contributed by atoms with Crippen LogP contribution in [0, 0.1) is 11.8 Å². The largest absolute Gasteiger partial charge is 0.372 e. The number of imide groups is 1. The van der Waals surface area contributed by atoms with E-state index in [2.05, 4.69) is 29.6 Å². The van der Waals surface area contributed by atoms with E-state index in [1.807, 2.05) is 12.1 Å². The Kier molecular flexibility index (Phi) is 7.07. The van der Waals surface area contributed by atoms with Gasteiger partial charge in [0.1, 0.15) is 0 Å². The molecule has 1 aliphatic heterocycles. The monoisotopic (exact) mass is 414 g/mol. The number of rotatable bonds is 7. The third-order valence-corrected chi connectivity index (χ3v) is 6.07. The van der Waals surface area contributed by atoms with Gasteiger partial charge in [0.15, 0.2) is 0 Å². The van der Waals surface area contributed by atoms with Crippen LogP contribution in [0.3, 0.4) is 0 Å². The lowest BCUT2D eigenvalue weighted by Gasteiger charge is -2.21. The highest BCUT2D eigenvalue weighted by molar-refractivity contribution is 6.05. The molecule has 1 aromatic rings. The molecular weight excluding hydrogens is 384 g/mol. The third kappa shape index (κ3) is 4.63. The highest BCUT2D eigenvalue weighted by atomic mass is 16.2. The van der Waals surface area contributed by atoms with Crippen molar-refractivity contribution in [2.45, 2.75) is 46.0 Å². The number of carbonyl (C=O) groups excluding carboxylic acids is 4. The lowest BCUT2D eigenvalue weighted by atomic mass is 9.81. The summed E-state index contributed by atoms with van der Waals surface area (Å²) in [6.45, 7) is 5.93. The molecule has 30 heavy (non-hydrogen) atoms. The Morgan fingerprint density at radius 3 is 2.07 bits per heavy atom. The normalized spacial score (nSPS) is 20.7. The number of hydrazine groups is 1. The van der Waals surface area contributed by atoms with Gasteiger partial charge in [-0.15, -0.1) is 0 Å². The molecule has 0 unspecified atom stereocenters. The van der Waals surface area contributed by atoms with E-state index in [-0.39, 0.29) is 36.6 Å². The third-order valence-electron chi connectivity index (χ3n) is 6.07. The van der Waals surface area contributed by atoms with Gasteiger partial charge in [0, 0.05) is 37.3 Å². The average molecular weight is 415 g/mol. The van der Waals surface area contributed by atoms with E-state index in [1.54, 1.807) is 12.1 Å². The Morgan fingerprint density at radius 1 is 0.967 bits per heavy atom. The maximum absolute atomic E-state index is 12.4. The molecule has 0 aromatic heterocycles. The van der Waals surface area contributed by atoms with Gasteiger partial charge in [0.2, 0.25) is 17.7 Å². The van der Waals surface area contributed by atoms with Crippen LogP contribution in [0.15, 0.2) is 24.3 Å². The Morgan fingerprint density at radius 2 is 1.53 bits per heavy atom. The zero-order chi connectivity index (χ0) is 21.7. The summed E-state index contributed by atoms with van der Waals surface area (Å²) in [4.78, 5) is 52.6. The second kappa shape index (κ2) is 9.73. The topological polar surface area (TPSA) is 98.8 Å². The molecule has 4 amide bonds. The molecule has 0 radical (unpaired) electrons. The number of nitrogens with one attached hydrogen (secondary N) is 2. The second-order valence-corrected chi connectivity index (χ2v) is 7.80. The standard InChI is InChI=1S/C22H30N4O4/c1-3-25(4-2)16-11-9-15(10-12-16)20(28)24-23-19(27)13-14-26-21(29)17-7-5-6-8-18(17)22(26)30/h9-12,17-18H,3-8,13-14H2,1-2H3,(H,23,27)(H,24,28)/t17-,18-/m0/s1. The van der Waals surface area contributed by atoms with Crippen LogP contribution in [0.2, 0.25) is 0 Å². The van der Waals surface area contributed by atoms with E-state index < -0.39 is 11.8 Å². The molecule has 162 valence electrons. The van der Waals surface area contributed by atoms with Crippen LogP contribution in [0.25, 0.3) is 0 Å². The second-order valence-electron chi connectivity index (χ2n) is 7.80. The number of nitrogens with zero attached hydrogens (tertiary/aromatic N) is 2. The van der Waals surface area contributed by atoms with Gasteiger partial charge in [0.05, 0.1) is 11.8 Å².